The molecule has 2 nitrogen and oxygen atoms in total. The van der Waals surface area contributed by atoms with E-state index < -0.39 is 0 Å². The molecular weight excluding hydrogens is 234 g/mol. The van der Waals surface area contributed by atoms with Crippen LogP contribution in [0, 0.1) is 12.8 Å². The van der Waals surface area contributed by atoms with Crippen molar-refractivity contribution in [3.05, 3.63) is 35.4 Å². The lowest BCUT2D eigenvalue weighted by molar-refractivity contribution is 0.0875. The van der Waals surface area contributed by atoms with E-state index in [9.17, 15) is 5.11 Å². The molecule has 0 amide bonds. The van der Waals surface area contributed by atoms with E-state index in [4.69, 9.17) is 0 Å². The molecular formula is C17H27NO. The maximum Gasteiger partial charge on any atom is 0.0919 e. The van der Waals surface area contributed by atoms with E-state index in [0.29, 0.717) is 0 Å². The molecule has 0 aliphatic carbocycles. The molecule has 19 heavy (non-hydrogen) atoms. The predicted molar refractivity (Wildman–Crippen MR) is 80.2 cm³/mol. The van der Waals surface area contributed by atoms with Gasteiger partial charge < -0.3 is 10.0 Å². The summed E-state index contributed by atoms with van der Waals surface area (Å²) in [4.78, 5) is 2.42. The molecule has 106 valence electrons. The van der Waals surface area contributed by atoms with E-state index in [-0.39, 0.29) is 6.10 Å². The zero-order valence-corrected chi connectivity index (χ0v) is 12.3. The number of nitrogens with zero attached hydrogens (tertiary/aromatic N) is 1. The first-order valence-corrected chi connectivity index (χ1v) is 7.66. The van der Waals surface area contributed by atoms with E-state index in [1.165, 1.54) is 31.2 Å². The molecule has 0 saturated carbocycles. The molecule has 0 spiro atoms. The third-order valence-corrected chi connectivity index (χ3v) is 4.38. The summed E-state index contributed by atoms with van der Waals surface area (Å²) in [6, 6.07) is 8.16. The van der Waals surface area contributed by atoms with Gasteiger partial charge in [0.1, 0.15) is 0 Å². The molecule has 1 fully saturated rings. The van der Waals surface area contributed by atoms with Crippen molar-refractivity contribution in [3.8, 4) is 0 Å². The Morgan fingerprint density at radius 1 is 1.26 bits per heavy atom. The van der Waals surface area contributed by atoms with Gasteiger partial charge in [-0.2, -0.15) is 0 Å². The largest absolute Gasteiger partial charge is 0.387 e. The van der Waals surface area contributed by atoms with E-state index in [2.05, 4.69) is 24.8 Å². The van der Waals surface area contributed by atoms with Gasteiger partial charge in [0.05, 0.1) is 6.10 Å². The van der Waals surface area contributed by atoms with Gasteiger partial charge in [-0.05, 0) is 49.9 Å². The summed E-state index contributed by atoms with van der Waals surface area (Å²) in [6.45, 7) is 7.42. The standard InChI is InChI=1S/C17H27NO/c1-3-6-15-9-11-18(12-10-15)13-17(19)16-8-5-4-7-14(16)2/h4-5,7-8,15,17,19H,3,6,9-13H2,1-2H3. The van der Waals surface area contributed by atoms with Gasteiger partial charge in [0, 0.05) is 6.54 Å². The number of β-amino-alcohol motifs (C(OH)–C–C–N with tert-alkyl or cyclic N) is 1. The second-order valence-electron chi connectivity index (χ2n) is 5.91. The molecule has 0 radical (unpaired) electrons. The van der Waals surface area contributed by atoms with Crippen molar-refractivity contribution in [2.45, 2.75) is 45.6 Å². The van der Waals surface area contributed by atoms with E-state index in [1.807, 2.05) is 18.2 Å². The van der Waals surface area contributed by atoms with Crippen molar-refractivity contribution < 1.29 is 5.11 Å². The molecule has 2 heteroatoms. The Bertz CT molecular complexity index is 383. The lowest BCUT2D eigenvalue weighted by atomic mass is 9.92. The van der Waals surface area contributed by atoms with Gasteiger partial charge in [0.15, 0.2) is 0 Å². The Kier molecular flexibility index (Phi) is 5.41. The monoisotopic (exact) mass is 261 g/mol. The highest BCUT2D eigenvalue weighted by Gasteiger charge is 2.21. The van der Waals surface area contributed by atoms with Gasteiger partial charge in [-0.15, -0.1) is 0 Å². The Hall–Kier alpha value is -0.860. The fraction of sp³-hybridized carbons (Fsp3) is 0.647. The van der Waals surface area contributed by atoms with Crippen molar-refractivity contribution in [1.82, 2.24) is 4.90 Å². The summed E-state index contributed by atoms with van der Waals surface area (Å²) in [7, 11) is 0. The van der Waals surface area contributed by atoms with Crippen LogP contribution in [0.4, 0.5) is 0 Å². The Morgan fingerprint density at radius 2 is 1.95 bits per heavy atom. The summed E-state index contributed by atoms with van der Waals surface area (Å²) in [5.41, 5.74) is 2.27. The van der Waals surface area contributed by atoms with Crippen LogP contribution in [-0.4, -0.2) is 29.6 Å². The van der Waals surface area contributed by atoms with Gasteiger partial charge >= 0.3 is 0 Å². The van der Waals surface area contributed by atoms with Crippen molar-refractivity contribution >= 4 is 0 Å². The quantitative estimate of drug-likeness (QED) is 0.876. The first kappa shape index (κ1) is 14.5. The molecule has 1 aromatic rings. The van der Waals surface area contributed by atoms with Crippen LogP contribution in [0.5, 0.6) is 0 Å². The molecule has 1 atom stereocenters. The highest BCUT2D eigenvalue weighted by molar-refractivity contribution is 5.27. The first-order valence-electron chi connectivity index (χ1n) is 7.66. The highest BCUT2D eigenvalue weighted by Crippen LogP contribution is 2.24. The predicted octanol–water partition coefficient (Wildman–Crippen LogP) is 3.54. The minimum Gasteiger partial charge on any atom is -0.387 e. The molecule has 1 heterocycles. The zero-order chi connectivity index (χ0) is 13.7. The third kappa shape index (κ3) is 4.05. The lowest BCUT2D eigenvalue weighted by Gasteiger charge is -2.33. The number of hydrogen-bond acceptors (Lipinski definition) is 2. The van der Waals surface area contributed by atoms with Gasteiger partial charge in [0.25, 0.3) is 0 Å². The topological polar surface area (TPSA) is 23.5 Å². The number of piperidine rings is 1. The Labute approximate surface area is 117 Å². The minimum absolute atomic E-state index is 0.344. The molecule has 1 aliphatic heterocycles. The minimum atomic E-state index is -0.344. The van der Waals surface area contributed by atoms with Gasteiger partial charge in [-0.1, -0.05) is 44.0 Å². The maximum absolute atomic E-state index is 10.4. The van der Waals surface area contributed by atoms with Crippen LogP contribution in [0.3, 0.4) is 0 Å². The third-order valence-electron chi connectivity index (χ3n) is 4.38. The second kappa shape index (κ2) is 7.06. The van der Waals surface area contributed by atoms with Gasteiger partial charge in [-0.3, -0.25) is 0 Å². The van der Waals surface area contributed by atoms with Crippen molar-refractivity contribution in [1.29, 1.82) is 0 Å². The van der Waals surface area contributed by atoms with Crippen LogP contribution >= 0.6 is 0 Å². The molecule has 0 bridgehead atoms. The number of hydrogen-bond donors (Lipinski definition) is 1. The molecule has 1 N–H and O–H groups in total. The molecule has 1 aromatic carbocycles. The normalized spacial score (nSPS) is 19.5. The van der Waals surface area contributed by atoms with Gasteiger partial charge in [-0.25, -0.2) is 0 Å². The fourth-order valence-corrected chi connectivity index (χ4v) is 3.17. The van der Waals surface area contributed by atoms with Crippen molar-refractivity contribution in [2.24, 2.45) is 5.92 Å². The summed E-state index contributed by atoms with van der Waals surface area (Å²) < 4.78 is 0. The number of aryl methyl sites for hydroxylation is 1. The summed E-state index contributed by atoms with van der Waals surface area (Å²) in [6.07, 6.45) is 4.93. The van der Waals surface area contributed by atoms with Crippen molar-refractivity contribution in [3.63, 3.8) is 0 Å². The Balaban J connectivity index is 1.84. The van der Waals surface area contributed by atoms with Crippen LogP contribution in [0.25, 0.3) is 0 Å². The van der Waals surface area contributed by atoms with E-state index in [0.717, 1.165) is 31.1 Å². The highest BCUT2D eigenvalue weighted by atomic mass is 16.3. The maximum atomic E-state index is 10.4. The number of aliphatic hydroxyl groups is 1. The van der Waals surface area contributed by atoms with Crippen molar-refractivity contribution in [2.75, 3.05) is 19.6 Å². The SMILES string of the molecule is CCCC1CCN(CC(O)c2ccccc2C)CC1. The van der Waals surface area contributed by atoms with Crippen LogP contribution < -0.4 is 0 Å². The van der Waals surface area contributed by atoms with Gasteiger partial charge in [0.2, 0.25) is 0 Å². The summed E-state index contributed by atoms with van der Waals surface area (Å²) >= 11 is 0. The summed E-state index contributed by atoms with van der Waals surface area (Å²) in [5.74, 6) is 0.914. The average molecular weight is 261 g/mol. The van der Waals surface area contributed by atoms with Crippen LogP contribution in [0.1, 0.15) is 49.8 Å². The molecule has 1 aliphatic rings. The zero-order valence-electron chi connectivity index (χ0n) is 12.3. The first-order chi connectivity index (χ1) is 9.20. The van der Waals surface area contributed by atoms with E-state index in [1.54, 1.807) is 0 Å². The Morgan fingerprint density at radius 3 is 2.58 bits per heavy atom. The van der Waals surface area contributed by atoms with Crippen LogP contribution in [0.2, 0.25) is 0 Å². The fourth-order valence-electron chi connectivity index (χ4n) is 3.17. The molecule has 0 aromatic heterocycles. The van der Waals surface area contributed by atoms with Crippen LogP contribution in [-0.2, 0) is 0 Å². The second-order valence-corrected chi connectivity index (χ2v) is 5.91. The molecule has 1 unspecified atom stereocenters. The van der Waals surface area contributed by atoms with E-state index >= 15 is 0 Å². The molecule has 2 rings (SSSR count). The average Bonchev–Trinajstić information content (AvgIpc) is 2.42. The molecule has 1 saturated heterocycles. The van der Waals surface area contributed by atoms with Crippen LogP contribution in [0.15, 0.2) is 24.3 Å². The smallest absolute Gasteiger partial charge is 0.0919 e. The number of aliphatic hydroxyl groups excluding tert-OH is 1. The lowest BCUT2D eigenvalue weighted by Crippen LogP contribution is -2.36. The number of benzene rings is 1. The number of likely N-dealkylation sites (tertiary alicyclic amines) is 1. The number of rotatable bonds is 5. The summed E-state index contributed by atoms with van der Waals surface area (Å²) in [5, 5.41) is 10.4.